The van der Waals surface area contributed by atoms with Crippen molar-refractivity contribution in [1.82, 2.24) is 9.97 Å². The summed E-state index contributed by atoms with van der Waals surface area (Å²) in [6, 6.07) is 14.4. The van der Waals surface area contributed by atoms with Crippen molar-refractivity contribution in [2.75, 3.05) is 10.0 Å². The van der Waals surface area contributed by atoms with Crippen LogP contribution in [0.5, 0.6) is 0 Å². The van der Waals surface area contributed by atoms with Gasteiger partial charge >= 0.3 is 0 Å². The minimum Gasteiger partial charge on any atom is -0.450 e. The number of halogens is 1. The fraction of sp³-hybridized carbons (Fsp3) is 0. The van der Waals surface area contributed by atoms with Crippen LogP contribution in [0.1, 0.15) is 10.6 Å². The molecule has 4 aromatic rings. The third kappa shape index (κ3) is 4.13. The van der Waals surface area contributed by atoms with Gasteiger partial charge in [0.2, 0.25) is 5.95 Å². The van der Waals surface area contributed by atoms with Crippen molar-refractivity contribution in [2.24, 2.45) is 0 Å². The van der Waals surface area contributed by atoms with Gasteiger partial charge in [-0.25, -0.2) is 23.1 Å². The van der Waals surface area contributed by atoms with E-state index in [1.54, 1.807) is 12.1 Å². The number of hydrogen-bond acceptors (Lipinski definition) is 6. The van der Waals surface area contributed by atoms with Gasteiger partial charge in [0.05, 0.1) is 9.37 Å². The molecule has 1 amide bonds. The highest BCUT2D eigenvalue weighted by molar-refractivity contribution is 9.10. The molecule has 0 saturated carbocycles. The molecule has 0 unspecified atom stereocenters. The van der Waals surface area contributed by atoms with Gasteiger partial charge in [0.25, 0.3) is 15.9 Å². The lowest BCUT2D eigenvalue weighted by atomic mass is 10.2. The quantitative estimate of drug-likeness (QED) is 0.452. The molecule has 8 nitrogen and oxygen atoms in total. The molecule has 0 saturated heterocycles. The summed E-state index contributed by atoms with van der Waals surface area (Å²) in [7, 11) is -3.84. The lowest BCUT2D eigenvalue weighted by Crippen LogP contribution is -2.15. The zero-order valence-corrected chi connectivity index (χ0v) is 17.1. The molecule has 0 radical (unpaired) electrons. The summed E-state index contributed by atoms with van der Waals surface area (Å²) >= 11 is 3.38. The first kappa shape index (κ1) is 19.1. The van der Waals surface area contributed by atoms with Crippen molar-refractivity contribution in [3.05, 3.63) is 77.2 Å². The number of fused-ring (bicyclic) bond motifs is 1. The average molecular weight is 473 g/mol. The Morgan fingerprint density at radius 2 is 1.72 bits per heavy atom. The van der Waals surface area contributed by atoms with Crippen LogP contribution in [0.2, 0.25) is 0 Å². The van der Waals surface area contributed by atoms with Crippen LogP contribution < -0.4 is 10.0 Å². The summed E-state index contributed by atoms with van der Waals surface area (Å²) in [5, 5.41) is 3.47. The van der Waals surface area contributed by atoms with Crippen LogP contribution in [0.15, 0.2) is 80.8 Å². The van der Waals surface area contributed by atoms with E-state index in [0.29, 0.717) is 11.3 Å². The summed E-state index contributed by atoms with van der Waals surface area (Å²) in [4.78, 5) is 20.1. The van der Waals surface area contributed by atoms with Crippen LogP contribution in [-0.4, -0.2) is 24.3 Å². The van der Waals surface area contributed by atoms with Crippen molar-refractivity contribution >= 4 is 54.5 Å². The maximum Gasteiger partial charge on any atom is 0.291 e. The predicted molar refractivity (Wildman–Crippen MR) is 111 cm³/mol. The van der Waals surface area contributed by atoms with Crippen molar-refractivity contribution in [3.63, 3.8) is 0 Å². The first-order chi connectivity index (χ1) is 13.9. The molecule has 2 aromatic heterocycles. The first-order valence-corrected chi connectivity index (χ1v) is 10.6. The van der Waals surface area contributed by atoms with Crippen LogP contribution in [0.25, 0.3) is 11.0 Å². The van der Waals surface area contributed by atoms with Crippen LogP contribution >= 0.6 is 15.9 Å². The predicted octanol–water partition coefficient (Wildman–Crippen LogP) is 4.04. The molecule has 0 atom stereocenters. The Balaban J connectivity index is 1.50. The second-order valence-electron chi connectivity index (χ2n) is 5.93. The standard InChI is InChI=1S/C19H13BrN4O4S/c20-15-4-1-3-12-11-16(28-17(12)15)18(25)23-13-5-7-14(8-6-13)29(26,27)24-19-21-9-2-10-22-19/h1-11H,(H,23,25)(H,21,22,24). The molecule has 146 valence electrons. The Morgan fingerprint density at radius 3 is 2.41 bits per heavy atom. The highest BCUT2D eigenvalue weighted by Crippen LogP contribution is 2.27. The third-order valence-electron chi connectivity index (χ3n) is 3.93. The molecule has 10 heteroatoms. The number of sulfonamides is 1. The Kier molecular flexibility index (Phi) is 5.03. The number of hydrogen-bond donors (Lipinski definition) is 2. The number of aromatic nitrogens is 2. The molecule has 29 heavy (non-hydrogen) atoms. The topological polar surface area (TPSA) is 114 Å². The van der Waals surface area contributed by atoms with Crippen molar-refractivity contribution < 1.29 is 17.6 Å². The maximum absolute atomic E-state index is 12.5. The lowest BCUT2D eigenvalue weighted by Gasteiger charge is -2.07. The minimum absolute atomic E-state index is 0.00983. The van der Waals surface area contributed by atoms with Gasteiger partial charge in [-0.2, -0.15) is 0 Å². The summed E-state index contributed by atoms with van der Waals surface area (Å²) < 4.78 is 33.4. The molecule has 0 aliphatic heterocycles. The molecule has 2 N–H and O–H groups in total. The molecular weight excluding hydrogens is 460 g/mol. The van der Waals surface area contributed by atoms with E-state index in [2.05, 4.69) is 35.9 Å². The minimum atomic E-state index is -3.84. The summed E-state index contributed by atoms with van der Waals surface area (Å²) in [6.07, 6.45) is 2.86. The van der Waals surface area contributed by atoms with E-state index in [0.717, 1.165) is 9.86 Å². The SMILES string of the molecule is O=C(Nc1ccc(S(=O)(=O)Nc2ncccn2)cc1)c1cc2cccc(Br)c2o1. The number of benzene rings is 2. The number of carbonyl (C=O) groups is 1. The van der Waals surface area contributed by atoms with Gasteiger partial charge in [0.15, 0.2) is 5.76 Å². The zero-order chi connectivity index (χ0) is 20.4. The normalized spacial score (nSPS) is 11.3. The number of nitrogens with one attached hydrogen (secondary N) is 2. The molecule has 0 aliphatic rings. The number of amides is 1. The number of anilines is 2. The lowest BCUT2D eigenvalue weighted by molar-refractivity contribution is 0.0998. The average Bonchev–Trinajstić information content (AvgIpc) is 3.15. The number of carbonyl (C=O) groups excluding carboxylic acids is 1. The van der Waals surface area contributed by atoms with E-state index in [4.69, 9.17) is 4.42 Å². The summed E-state index contributed by atoms with van der Waals surface area (Å²) in [6.45, 7) is 0. The van der Waals surface area contributed by atoms with Gasteiger partial charge in [-0.05, 0) is 58.4 Å². The second kappa shape index (κ2) is 7.64. The van der Waals surface area contributed by atoms with Crippen LogP contribution in [0.3, 0.4) is 0 Å². The third-order valence-corrected chi connectivity index (χ3v) is 5.90. The van der Waals surface area contributed by atoms with Gasteiger partial charge < -0.3 is 9.73 Å². The summed E-state index contributed by atoms with van der Waals surface area (Å²) in [5.41, 5.74) is 0.998. The first-order valence-electron chi connectivity index (χ1n) is 8.32. The van der Waals surface area contributed by atoms with Gasteiger partial charge in [-0.15, -0.1) is 0 Å². The van der Waals surface area contributed by atoms with Gasteiger partial charge in [0.1, 0.15) is 5.58 Å². The van der Waals surface area contributed by atoms with E-state index in [9.17, 15) is 13.2 Å². The number of furan rings is 1. The van der Waals surface area contributed by atoms with E-state index in [1.165, 1.54) is 36.7 Å². The van der Waals surface area contributed by atoms with E-state index in [-0.39, 0.29) is 16.6 Å². The Bertz CT molecular complexity index is 1290. The van der Waals surface area contributed by atoms with Crippen molar-refractivity contribution in [1.29, 1.82) is 0 Å². The molecular formula is C19H13BrN4O4S. The van der Waals surface area contributed by atoms with Gasteiger partial charge in [-0.3, -0.25) is 4.79 Å². The number of para-hydroxylation sites is 1. The molecule has 0 bridgehead atoms. The van der Waals surface area contributed by atoms with Crippen molar-refractivity contribution in [2.45, 2.75) is 4.90 Å². The van der Waals surface area contributed by atoms with Gasteiger partial charge in [0, 0.05) is 23.5 Å². The smallest absolute Gasteiger partial charge is 0.291 e. The highest BCUT2D eigenvalue weighted by Gasteiger charge is 2.17. The largest absolute Gasteiger partial charge is 0.450 e. The summed E-state index contributed by atoms with van der Waals surface area (Å²) in [5.74, 6) is -0.327. The molecule has 0 aliphatic carbocycles. The molecule has 4 rings (SSSR count). The number of nitrogens with zero attached hydrogens (tertiary/aromatic N) is 2. The molecule has 2 aromatic carbocycles. The van der Waals surface area contributed by atoms with Crippen LogP contribution in [0, 0.1) is 0 Å². The van der Waals surface area contributed by atoms with E-state index < -0.39 is 15.9 Å². The zero-order valence-electron chi connectivity index (χ0n) is 14.7. The van der Waals surface area contributed by atoms with Crippen LogP contribution in [-0.2, 0) is 10.0 Å². The monoisotopic (exact) mass is 472 g/mol. The molecule has 2 heterocycles. The maximum atomic E-state index is 12.5. The van der Waals surface area contributed by atoms with Gasteiger partial charge in [-0.1, -0.05) is 12.1 Å². The van der Waals surface area contributed by atoms with Crippen LogP contribution in [0.4, 0.5) is 11.6 Å². The Hall–Kier alpha value is -3.24. The second-order valence-corrected chi connectivity index (χ2v) is 8.46. The molecule has 0 fully saturated rings. The van der Waals surface area contributed by atoms with E-state index in [1.807, 2.05) is 18.2 Å². The fourth-order valence-electron chi connectivity index (χ4n) is 2.58. The van der Waals surface area contributed by atoms with Crippen molar-refractivity contribution in [3.8, 4) is 0 Å². The molecule has 0 spiro atoms. The number of rotatable bonds is 5. The fourth-order valence-corrected chi connectivity index (χ4v) is 4.00. The Labute approximate surface area is 174 Å². The Morgan fingerprint density at radius 1 is 1.00 bits per heavy atom. The highest BCUT2D eigenvalue weighted by atomic mass is 79.9. The van der Waals surface area contributed by atoms with E-state index >= 15 is 0 Å².